The summed E-state index contributed by atoms with van der Waals surface area (Å²) in [6, 6.07) is 5.91. The molecule has 100 valence electrons. The number of benzene rings is 1. The van der Waals surface area contributed by atoms with E-state index in [4.69, 9.17) is 4.74 Å². The van der Waals surface area contributed by atoms with E-state index >= 15 is 0 Å². The maximum Gasteiger partial charge on any atom is 0.328 e. The predicted octanol–water partition coefficient (Wildman–Crippen LogP) is 3.47. The number of anilines is 1. The minimum Gasteiger partial charge on any atom is -0.464 e. The van der Waals surface area contributed by atoms with Crippen LogP contribution in [0.1, 0.15) is 24.8 Å². The van der Waals surface area contributed by atoms with Crippen LogP contribution in [0.3, 0.4) is 0 Å². The minimum absolute atomic E-state index is 0.144. The van der Waals surface area contributed by atoms with Crippen molar-refractivity contribution in [2.24, 2.45) is 5.92 Å². The molecule has 1 aliphatic heterocycles. The fraction of sp³-hybridized carbons (Fsp3) is 0.400. The molecule has 0 radical (unpaired) electrons. The zero-order valence-electron chi connectivity index (χ0n) is 10.7. The van der Waals surface area contributed by atoms with Gasteiger partial charge in [0.1, 0.15) is 6.04 Å². The second kappa shape index (κ2) is 5.00. The van der Waals surface area contributed by atoms with Crippen LogP contribution in [0.4, 0.5) is 5.69 Å². The molecular weight excluding hydrogens is 306 g/mol. The highest BCUT2D eigenvalue weighted by atomic mass is 79.9. The number of esters is 1. The Labute approximate surface area is 121 Å². The fourth-order valence-electron chi connectivity index (χ4n) is 3.03. The quantitative estimate of drug-likeness (QED) is 0.669. The van der Waals surface area contributed by atoms with Crippen molar-refractivity contribution in [3.05, 3.63) is 40.4 Å². The molecular formula is C15H16BrNO2. The summed E-state index contributed by atoms with van der Waals surface area (Å²) < 4.78 is 6.26. The summed E-state index contributed by atoms with van der Waals surface area (Å²) in [4.78, 5) is 12.1. The van der Waals surface area contributed by atoms with Gasteiger partial charge in [-0.1, -0.05) is 28.1 Å². The van der Waals surface area contributed by atoms with Gasteiger partial charge in [0.05, 0.1) is 6.61 Å². The number of fused-ring (bicyclic) bond motifs is 3. The van der Waals surface area contributed by atoms with Gasteiger partial charge >= 0.3 is 5.97 Å². The Hall–Kier alpha value is -1.29. The van der Waals surface area contributed by atoms with Gasteiger partial charge in [-0.2, -0.15) is 0 Å². The largest absolute Gasteiger partial charge is 0.464 e. The molecule has 1 N–H and O–H groups in total. The van der Waals surface area contributed by atoms with E-state index in [9.17, 15) is 4.79 Å². The van der Waals surface area contributed by atoms with Crippen LogP contribution in [0.25, 0.3) is 0 Å². The highest BCUT2D eigenvalue weighted by molar-refractivity contribution is 9.10. The first kappa shape index (κ1) is 12.7. The Balaban J connectivity index is 1.97. The van der Waals surface area contributed by atoms with Crippen molar-refractivity contribution in [2.75, 3.05) is 11.9 Å². The third-order valence-corrected chi connectivity index (χ3v) is 4.36. The van der Waals surface area contributed by atoms with Gasteiger partial charge in [0.2, 0.25) is 0 Å². The van der Waals surface area contributed by atoms with Gasteiger partial charge in [-0.25, -0.2) is 4.79 Å². The van der Waals surface area contributed by atoms with Crippen LogP contribution in [-0.4, -0.2) is 18.6 Å². The minimum atomic E-state index is -0.242. The lowest BCUT2D eigenvalue weighted by atomic mass is 9.79. The summed E-state index contributed by atoms with van der Waals surface area (Å²) in [5.74, 6) is 0.429. The smallest absolute Gasteiger partial charge is 0.328 e. The van der Waals surface area contributed by atoms with E-state index in [-0.39, 0.29) is 17.9 Å². The van der Waals surface area contributed by atoms with Gasteiger partial charge in [-0.15, -0.1) is 0 Å². The molecule has 1 heterocycles. The zero-order chi connectivity index (χ0) is 13.4. The molecule has 3 rings (SSSR count). The lowest BCUT2D eigenvalue weighted by Crippen LogP contribution is -2.42. The van der Waals surface area contributed by atoms with Gasteiger partial charge < -0.3 is 10.1 Å². The molecule has 0 amide bonds. The van der Waals surface area contributed by atoms with E-state index in [1.54, 1.807) is 0 Å². The normalized spacial score (nSPS) is 27.4. The Bertz CT molecular complexity index is 541. The number of rotatable bonds is 2. The van der Waals surface area contributed by atoms with Gasteiger partial charge in [-0.05, 0) is 37.1 Å². The summed E-state index contributed by atoms with van der Waals surface area (Å²) >= 11 is 3.51. The highest BCUT2D eigenvalue weighted by Crippen LogP contribution is 2.45. The average molecular weight is 322 g/mol. The average Bonchev–Trinajstić information content (AvgIpc) is 2.87. The molecule has 0 aromatic heterocycles. The van der Waals surface area contributed by atoms with Gasteiger partial charge in [-0.3, -0.25) is 0 Å². The van der Waals surface area contributed by atoms with Crippen LogP contribution in [0.15, 0.2) is 34.8 Å². The first-order valence-corrected chi connectivity index (χ1v) is 7.39. The van der Waals surface area contributed by atoms with E-state index in [0.29, 0.717) is 12.5 Å². The molecule has 3 nitrogen and oxygen atoms in total. The van der Waals surface area contributed by atoms with Crippen molar-refractivity contribution in [2.45, 2.75) is 25.3 Å². The highest BCUT2D eigenvalue weighted by Gasteiger charge is 2.41. The third kappa shape index (κ3) is 2.18. The third-order valence-electron chi connectivity index (χ3n) is 3.87. The number of carbonyl (C=O) groups excluding carboxylic acids is 1. The molecule has 0 unspecified atom stereocenters. The van der Waals surface area contributed by atoms with E-state index < -0.39 is 0 Å². The van der Waals surface area contributed by atoms with Crippen molar-refractivity contribution < 1.29 is 9.53 Å². The Morgan fingerprint density at radius 2 is 2.37 bits per heavy atom. The number of carbonyl (C=O) groups is 1. The molecule has 1 aromatic carbocycles. The second-order valence-electron chi connectivity index (χ2n) is 4.96. The first-order chi connectivity index (χ1) is 9.20. The standard InChI is InChI=1S/C15H16BrNO2/c1-2-19-15(18)14-11-5-3-4-10(11)12-8-9(16)6-7-13(12)17-14/h3-4,6-8,10-11,14,17H,2,5H2,1H3/t10-,11-,14-/m0/s1. The van der Waals surface area contributed by atoms with E-state index in [1.807, 2.05) is 19.1 Å². The van der Waals surface area contributed by atoms with E-state index in [0.717, 1.165) is 16.6 Å². The van der Waals surface area contributed by atoms with Crippen LogP contribution < -0.4 is 5.32 Å². The van der Waals surface area contributed by atoms with Crippen LogP contribution in [0.2, 0.25) is 0 Å². The van der Waals surface area contributed by atoms with Crippen LogP contribution in [0, 0.1) is 5.92 Å². The van der Waals surface area contributed by atoms with E-state index in [2.05, 4.69) is 39.5 Å². The summed E-state index contributed by atoms with van der Waals surface area (Å²) in [5, 5.41) is 3.34. The number of nitrogens with one attached hydrogen (secondary N) is 1. The Morgan fingerprint density at radius 1 is 1.53 bits per heavy atom. The van der Waals surface area contributed by atoms with Crippen LogP contribution >= 0.6 is 15.9 Å². The predicted molar refractivity (Wildman–Crippen MR) is 78.2 cm³/mol. The zero-order valence-corrected chi connectivity index (χ0v) is 12.3. The summed E-state index contributed by atoms with van der Waals surface area (Å²) in [6.45, 7) is 2.27. The molecule has 0 saturated heterocycles. The number of allylic oxidation sites excluding steroid dienone is 2. The lowest BCUT2D eigenvalue weighted by Gasteiger charge is -2.35. The number of hydrogen-bond acceptors (Lipinski definition) is 3. The molecule has 0 bridgehead atoms. The fourth-order valence-corrected chi connectivity index (χ4v) is 3.41. The lowest BCUT2D eigenvalue weighted by molar-refractivity contribution is -0.145. The van der Waals surface area contributed by atoms with Crippen molar-refractivity contribution in [3.63, 3.8) is 0 Å². The Morgan fingerprint density at radius 3 is 3.16 bits per heavy atom. The first-order valence-electron chi connectivity index (χ1n) is 6.60. The summed E-state index contributed by atoms with van der Waals surface area (Å²) in [6.07, 6.45) is 5.30. The molecule has 0 fully saturated rings. The summed E-state index contributed by atoms with van der Waals surface area (Å²) in [5.41, 5.74) is 2.29. The number of ether oxygens (including phenoxy) is 1. The summed E-state index contributed by atoms with van der Waals surface area (Å²) in [7, 11) is 0. The molecule has 19 heavy (non-hydrogen) atoms. The van der Waals surface area contributed by atoms with E-state index in [1.165, 1.54) is 5.56 Å². The second-order valence-corrected chi connectivity index (χ2v) is 5.87. The van der Waals surface area contributed by atoms with Crippen molar-refractivity contribution in [3.8, 4) is 0 Å². The molecule has 1 aliphatic carbocycles. The molecule has 0 saturated carbocycles. The molecule has 2 aliphatic rings. The number of hydrogen-bond donors (Lipinski definition) is 1. The molecule has 0 spiro atoms. The molecule has 1 aromatic rings. The molecule has 3 atom stereocenters. The molecule has 4 heteroatoms. The van der Waals surface area contributed by atoms with Crippen molar-refractivity contribution >= 4 is 27.6 Å². The van der Waals surface area contributed by atoms with Crippen LogP contribution in [-0.2, 0) is 9.53 Å². The number of halogens is 1. The SMILES string of the molecule is CCOC(=O)[C@H]1Nc2ccc(Br)cc2[C@H]2C=CC[C@H]12. The van der Waals surface area contributed by atoms with Crippen molar-refractivity contribution in [1.29, 1.82) is 0 Å². The Kier molecular flexibility index (Phi) is 3.35. The monoisotopic (exact) mass is 321 g/mol. The topological polar surface area (TPSA) is 38.3 Å². The van der Waals surface area contributed by atoms with Crippen molar-refractivity contribution in [1.82, 2.24) is 0 Å². The maximum atomic E-state index is 12.1. The van der Waals surface area contributed by atoms with Crippen LogP contribution in [0.5, 0.6) is 0 Å². The van der Waals surface area contributed by atoms with Gasteiger partial charge in [0.25, 0.3) is 0 Å². The van der Waals surface area contributed by atoms with Gasteiger partial charge in [0.15, 0.2) is 0 Å². The maximum absolute atomic E-state index is 12.1. The van der Waals surface area contributed by atoms with Gasteiger partial charge in [0, 0.05) is 22.0 Å².